The van der Waals surface area contributed by atoms with Crippen molar-refractivity contribution < 1.29 is 4.74 Å². The first kappa shape index (κ1) is 15.4. The van der Waals surface area contributed by atoms with Crippen LogP contribution in [0.2, 0.25) is 0 Å². The third-order valence-corrected chi connectivity index (χ3v) is 4.38. The lowest BCUT2D eigenvalue weighted by atomic mass is 9.75. The Labute approximate surface area is 123 Å². The van der Waals surface area contributed by atoms with Crippen molar-refractivity contribution in [2.75, 3.05) is 6.61 Å². The van der Waals surface area contributed by atoms with Crippen LogP contribution in [0.1, 0.15) is 52.0 Å². The van der Waals surface area contributed by atoms with E-state index in [1.54, 1.807) is 0 Å². The van der Waals surface area contributed by atoms with Crippen LogP contribution >= 0.6 is 0 Å². The normalized spacial score (nSPS) is 20.6. The van der Waals surface area contributed by atoms with Gasteiger partial charge in [0.1, 0.15) is 12.4 Å². The summed E-state index contributed by atoms with van der Waals surface area (Å²) in [5.41, 5.74) is 1.81. The quantitative estimate of drug-likeness (QED) is 0.864. The zero-order valence-corrected chi connectivity index (χ0v) is 13.4. The van der Waals surface area contributed by atoms with Gasteiger partial charge in [-0.25, -0.2) is 0 Å². The minimum atomic E-state index is 0.405. The maximum absolute atomic E-state index is 5.84. The highest BCUT2D eigenvalue weighted by Gasteiger charge is 2.27. The standard InChI is InChI=1S/C18H29NO/c1-14-5-7-17(8-6-14)20-13-15(2)19-16-9-11-18(3,4)12-10-16/h5-8,15-16,19H,9-13H2,1-4H3. The average molecular weight is 275 g/mol. The molecule has 0 heterocycles. The van der Waals surface area contributed by atoms with Gasteiger partial charge in [0.25, 0.3) is 0 Å². The van der Waals surface area contributed by atoms with E-state index in [4.69, 9.17) is 4.74 Å². The monoisotopic (exact) mass is 275 g/mol. The van der Waals surface area contributed by atoms with E-state index in [9.17, 15) is 0 Å². The van der Waals surface area contributed by atoms with Crippen molar-refractivity contribution in [3.05, 3.63) is 29.8 Å². The van der Waals surface area contributed by atoms with Crippen LogP contribution in [0.25, 0.3) is 0 Å². The summed E-state index contributed by atoms with van der Waals surface area (Å²) in [4.78, 5) is 0. The Hall–Kier alpha value is -1.02. The van der Waals surface area contributed by atoms with Gasteiger partial charge in [-0.05, 0) is 57.1 Å². The molecule has 1 atom stereocenters. The second-order valence-electron chi connectivity index (χ2n) is 7.13. The van der Waals surface area contributed by atoms with Crippen molar-refractivity contribution in [3.8, 4) is 5.75 Å². The van der Waals surface area contributed by atoms with E-state index in [0.29, 0.717) is 17.5 Å². The van der Waals surface area contributed by atoms with E-state index >= 15 is 0 Å². The van der Waals surface area contributed by atoms with E-state index in [1.807, 2.05) is 12.1 Å². The molecule has 2 rings (SSSR count). The fraction of sp³-hybridized carbons (Fsp3) is 0.667. The number of ether oxygens (including phenoxy) is 1. The lowest BCUT2D eigenvalue weighted by molar-refractivity contribution is 0.185. The third-order valence-electron chi connectivity index (χ3n) is 4.38. The first-order valence-corrected chi connectivity index (χ1v) is 7.90. The van der Waals surface area contributed by atoms with E-state index < -0.39 is 0 Å². The van der Waals surface area contributed by atoms with Crippen molar-refractivity contribution in [1.82, 2.24) is 5.32 Å². The molecule has 1 saturated carbocycles. The van der Waals surface area contributed by atoms with Crippen molar-refractivity contribution in [1.29, 1.82) is 0 Å². The largest absolute Gasteiger partial charge is 0.492 e. The second-order valence-corrected chi connectivity index (χ2v) is 7.13. The minimum Gasteiger partial charge on any atom is -0.492 e. The van der Waals surface area contributed by atoms with E-state index in [2.05, 4.69) is 45.1 Å². The van der Waals surface area contributed by atoms with Crippen LogP contribution in [-0.4, -0.2) is 18.7 Å². The lowest BCUT2D eigenvalue weighted by Gasteiger charge is -2.36. The Morgan fingerprint density at radius 1 is 1.20 bits per heavy atom. The van der Waals surface area contributed by atoms with Crippen LogP contribution in [0.15, 0.2) is 24.3 Å². The van der Waals surface area contributed by atoms with Gasteiger partial charge in [0, 0.05) is 12.1 Å². The van der Waals surface area contributed by atoms with E-state index in [-0.39, 0.29) is 0 Å². The number of rotatable bonds is 5. The maximum Gasteiger partial charge on any atom is 0.119 e. The molecule has 1 aliphatic carbocycles. The summed E-state index contributed by atoms with van der Waals surface area (Å²) in [5.74, 6) is 0.967. The molecule has 0 spiro atoms. The predicted molar refractivity (Wildman–Crippen MR) is 85.3 cm³/mol. The molecule has 1 aliphatic rings. The van der Waals surface area contributed by atoms with Gasteiger partial charge in [-0.1, -0.05) is 31.5 Å². The highest BCUT2D eigenvalue weighted by Crippen LogP contribution is 2.35. The van der Waals surface area contributed by atoms with Crippen LogP contribution in [-0.2, 0) is 0 Å². The molecule has 1 N–H and O–H groups in total. The molecule has 112 valence electrons. The van der Waals surface area contributed by atoms with Gasteiger partial charge in [0.05, 0.1) is 0 Å². The highest BCUT2D eigenvalue weighted by atomic mass is 16.5. The Balaban J connectivity index is 1.70. The molecule has 0 radical (unpaired) electrons. The van der Waals surface area contributed by atoms with Gasteiger partial charge in [-0.3, -0.25) is 0 Å². The summed E-state index contributed by atoms with van der Waals surface area (Å²) in [7, 11) is 0. The Bertz CT molecular complexity index is 400. The topological polar surface area (TPSA) is 21.3 Å². The zero-order valence-electron chi connectivity index (χ0n) is 13.4. The number of aryl methyl sites for hydroxylation is 1. The lowest BCUT2D eigenvalue weighted by Crippen LogP contribution is -2.42. The first-order chi connectivity index (χ1) is 9.44. The molecule has 0 aliphatic heterocycles. The summed E-state index contributed by atoms with van der Waals surface area (Å²) in [6, 6.07) is 9.35. The molecule has 0 saturated heterocycles. The van der Waals surface area contributed by atoms with Gasteiger partial charge in [0.15, 0.2) is 0 Å². The fourth-order valence-corrected chi connectivity index (χ4v) is 2.87. The number of hydrogen-bond acceptors (Lipinski definition) is 2. The number of benzene rings is 1. The molecule has 20 heavy (non-hydrogen) atoms. The van der Waals surface area contributed by atoms with Gasteiger partial charge in [-0.2, -0.15) is 0 Å². The molecule has 1 unspecified atom stereocenters. The Morgan fingerprint density at radius 3 is 2.40 bits per heavy atom. The summed E-state index contributed by atoms with van der Waals surface area (Å²) in [6.45, 7) is 9.82. The van der Waals surface area contributed by atoms with Crippen molar-refractivity contribution >= 4 is 0 Å². The summed E-state index contributed by atoms with van der Waals surface area (Å²) < 4.78 is 5.84. The summed E-state index contributed by atoms with van der Waals surface area (Å²) in [5, 5.41) is 3.71. The molecule has 0 bridgehead atoms. The molecule has 0 amide bonds. The zero-order chi connectivity index (χ0) is 14.6. The average Bonchev–Trinajstić information content (AvgIpc) is 2.41. The van der Waals surface area contributed by atoms with Crippen LogP contribution < -0.4 is 10.1 Å². The van der Waals surface area contributed by atoms with Gasteiger partial charge >= 0.3 is 0 Å². The molecular weight excluding hydrogens is 246 g/mol. The molecule has 1 fully saturated rings. The van der Waals surface area contributed by atoms with Crippen molar-refractivity contribution in [3.63, 3.8) is 0 Å². The first-order valence-electron chi connectivity index (χ1n) is 7.90. The van der Waals surface area contributed by atoms with Crippen molar-refractivity contribution in [2.45, 2.75) is 65.5 Å². The van der Waals surface area contributed by atoms with E-state index in [1.165, 1.54) is 31.2 Å². The van der Waals surface area contributed by atoms with Crippen LogP contribution in [0.3, 0.4) is 0 Å². The molecule has 1 aromatic carbocycles. The van der Waals surface area contributed by atoms with Gasteiger partial charge in [-0.15, -0.1) is 0 Å². The Morgan fingerprint density at radius 2 is 1.80 bits per heavy atom. The fourth-order valence-electron chi connectivity index (χ4n) is 2.87. The SMILES string of the molecule is Cc1ccc(OCC(C)NC2CCC(C)(C)CC2)cc1. The smallest absolute Gasteiger partial charge is 0.119 e. The second kappa shape index (κ2) is 6.62. The molecule has 2 heteroatoms. The predicted octanol–water partition coefficient (Wildman–Crippen LogP) is 4.32. The van der Waals surface area contributed by atoms with E-state index in [0.717, 1.165) is 12.4 Å². The Kier molecular flexibility index (Phi) is 5.09. The van der Waals surface area contributed by atoms with Crippen LogP contribution in [0.5, 0.6) is 5.75 Å². The maximum atomic E-state index is 5.84. The number of nitrogens with one attached hydrogen (secondary N) is 1. The van der Waals surface area contributed by atoms with Crippen LogP contribution in [0, 0.1) is 12.3 Å². The molecule has 0 aromatic heterocycles. The van der Waals surface area contributed by atoms with Crippen molar-refractivity contribution in [2.24, 2.45) is 5.41 Å². The third kappa shape index (κ3) is 4.82. The van der Waals surface area contributed by atoms with Gasteiger partial charge in [0.2, 0.25) is 0 Å². The number of hydrogen-bond donors (Lipinski definition) is 1. The van der Waals surface area contributed by atoms with Gasteiger partial charge < -0.3 is 10.1 Å². The molecular formula is C18H29NO. The highest BCUT2D eigenvalue weighted by molar-refractivity contribution is 5.26. The van der Waals surface area contributed by atoms with Crippen LogP contribution in [0.4, 0.5) is 0 Å². The minimum absolute atomic E-state index is 0.405. The molecule has 2 nitrogen and oxygen atoms in total. The molecule has 1 aromatic rings. The summed E-state index contributed by atoms with van der Waals surface area (Å²) >= 11 is 0. The summed E-state index contributed by atoms with van der Waals surface area (Å²) in [6.07, 6.45) is 5.25.